The first kappa shape index (κ1) is 21.0. The van der Waals surface area contributed by atoms with Gasteiger partial charge < -0.3 is 18.5 Å². The first-order chi connectivity index (χ1) is 14.9. The molecule has 0 radical (unpaired) electrons. The van der Waals surface area contributed by atoms with E-state index in [9.17, 15) is 22.4 Å². The second-order valence-electron chi connectivity index (χ2n) is 7.00. The van der Waals surface area contributed by atoms with Gasteiger partial charge in [0.1, 0.15) is 18.1 Å². The number of amides is 1. The standard InChI is InChI=1S/C21H18F4N2O4/c22-15-10-16(23)19(25)20(18(15)24)30-12-14-3-4-17(31-14)21(28)27-7-5-26(6-8-27)11-13-2-1-9-29-13/h1-4,9-10H,5-8,11-12H2. The number of nitrogens with zero attached hydrogens (tertiary/aromatic N) is 2. The number of piperazine rings is 1. The summed E-state index contributed by atoms with van der Waals surface area (Å²) in [5.74, 6) is -7.00. The fourth-order valence-corrected chi connectivity index (χ4v) is 3.28. The van der Waals surface area contributed by atoms with Crippen LogP contribution < -0.4 is 4.74 Å². The number of carbonyl (C=O) groups is 1. The molecular formula is C21H18F4N2O4. The van der Waals surface area contributed by atoms with Crippen molar-refractivity contribution in [1.29, 1.82) is 0 Å². The van der Waals surface area contributed by atoms with Crippen molar-refractivity contribution in [3.8, 4) is 5.75 Å². The van der Waals surface area contributed by atoms with Crippen LogP contribution in [0.25, 0.3) is 0 Å². The average Bonchev–Trinajstić information content (AvgIpc) is 3.45. The van der Waals surface area contributed by atoms with Crippen molar-refractivity contribution in [2.75, 3.05) is 26.2 Å². The molecule has 4 rings (SSSR count). The van der Waals surface area contributed by atoms with Crippen LogP contribution >= 0.6 is 0 Å². The van der Waals surface area contributed by atoms with Crippen LogP contribution in [-0.2, 0) is 13.2 Å². The topological polar surface area (TPSA) is 59.1 Å². The van der Waals surface area contributed by atoms with E-state index in [0.717, 1.165) is 5.76 Å². The van der Waals surface area contributed by atoms with E-state index in [1.807, 2.05) is 12.1 Å². The molecule has 31 heavy (non-hydrogen) atoms. The molecule has 3 aromatic rings. The first-order valence-electron chi connectivity index (χ1n) is 9.51. The number of hydrogen-bond acceptors (Lipinski definition) is 5. The van der Waals surface area contributed by atoms with Gasteiger partial charge in [-0.25, -0.2) is 8.78 Å². The van der Waals surface area contributed by atoms with E-state index in [1.165, 1.54) is 12.1 Å². The highest BCUT2D eigenvalue weighted by Crippen LogP contribution is 2.27. The lowest BCUT2D eigenvalue weighted by molar-refractivity contribution is 0.0586. The van der Waals surface area contributed by atoms with Gasteiger partial charge in [-0.15, -0.1) is 0 Å². The van der Waals surface area contributed by atoms with Crippen LogP contribution in [0.2, 0.25) is 0 Å². The first-order valence-corrected chi connectivity index (χ1v) is 9.51. The van der Waals surface area contributed by atoms with Crippen molar-refractivity contribution in [3.05, 3.63) is 77.1 Å². The molecule has 164 valence electrons. The minimum absolute atomic E-state index is 0.0319. The molecule has 1 aromatic carbocycles. The summed E-state index contributed by atoms with van der Waals surface area (Å²) < 4.78 is 69.4. The Morgan fingerprint density at radius 1 is 0.968 bits per heavy atom. The molecule has 0 spiro atoms. The lowest BCUT2D eigenvalue weighted by atomic mass is 10.2. The number of rotatable bonds is 6. The summed E-state index contributed by atoms with van der Waals surface area (Å²) in [6.45, 7) is 2.45. The zero-order chi connectivity index (χ0) is 22.0. The maximum Gasteiger partial charge on any atom is 0.289 e. The largest absolute Gasteiger partial charge is 0.479 e. The molecule has 0 unspecified atom stereocenters. The Balaban J connectivity index is 1.33. The molecule has 0 bridgehead atoms. The zero-order valence-corrected chi connectivity index (χ0v) is 16.2. The van der Waals surface area contributed by atoms with Crippen molar-refractivity contribution in [2.45, 2.75) is 13.2 Å². The summed E-state index contributed by atoms with van der Waals surface area (Å²) in [5.41, 5.74) is 0. The maximum atomic E-state index is 13.7. The molecule has 3 heterocycles. The highest BCUT2D eigenvalue weighted by Gasteiger charge is 2.25. The van der Waals surface area contributed by atoms with Crippen LogP contribution in [0, 0.1) is 23.3 Å². The van der Waals surface area contributed by atoms with Gasteiger partial charge in [-0.05, 0) is 24.3 Å². The monoisotopic (exact) mass is 438 g/mol. The van der Waals surface area contributed by atoms with Gasteiger partial charge in [0, 0.05) is 32.2 Å². The second-order valence-corrected chi connectivity index (χ2v) is 7.00. The average molecular weight is 438 g/mol. The third kappa shape index (κ3) is 4.58. The van der Waals surface area contributed by atoms with Crippen molar-refractivity contribution < 1.29 is 35.9 Å². The Kier molecular flexibility index (Phi) is 5.99. The van der Waals surface area contributed by atoms with E-state index in [0.29, 0.717) is 32.7 Å². The Labute approximate surface area is 174 Å². The molecule has 1 aliphatic rings. The molecule has 1 saturated heterocycles. The molecule has 10 heteroatoms. The van der Waals surface area contributed by atoms with Crippen LogP contribution in [-0.4, -0.2) is 41.9 Å². The summed E-state index contributed by atoms with van der Waals surface area (Å²) in [6, 6.07) is 6.61. The van der Waals surface area contributed by atoms with E-state index < -0.39 is 35.6 Å². The molecule has 1 fully saturated rings. The number of halogens is 4. The fraction of sp³-hybridized carbons (Fsp3) is 0.286. The number of hydrogen-bond donors (Lipinski definition) is 0. The van der Waals surface area contributed by atoms with Crippen molar-refractivity contribution in [2.24, 2.45) is 0 Å². The van der Waals surface area contributed by atoms with Crippen LogP contribution in [0.3, 0.4) is 0 Å². The van der Waals surface area contributed by atoms with E-state index in [4.69, 9.17) is 13.6 Å². The molecule has 0 atom stereocenters. The van der Waals surface area contributed by atoms with Gasteiger partial charge in [0.25, 0.3) is 5.91 Å². The molecule has 6 nitrogen and oxygen atoms in total. The molecule has 0 aliphatic carbocycles. The lowest BCUT2D eigenvalue weighted by Gasteiger charge is -2.33. The summed E-state index contributed by atoms with van der Waals surface area (Å²) in [4.78, 5) is 16.4. The highest BCUT2D eigenvalue weighted by atomic mass is 19.2. The van der Waals surface area contributed by atoms with Crippen molar-refractivity contribution in [3.63, 3.8) is 0 Å². The number of furan rings is 2. The van der Waals surface area contributed by atoms with Gasteiger partial charge in [-0.1, -0.05) is 0 Å². The van der Waals surface area contributed by atoms with Gasteiger partial charge in [0.05, 0.1) is 12.8 Å². The maximum absolute atomic E-state index is 13.7. The van der Waals surface area contributed by atoms with Gasteiger partial charge in [0.15, 0.2) is 23.1 Å². The lowest BCUT2D eigenvalue weighted by Crippen LogP contribution is -2.48. The summed E-state index contributed by atoms with van der Waals surface area (Å²) in [5, 5.41) is 0. The SMILES string of the molecule is O=C(c1ccc(COc2c(F)c(F)cc(F)c2F)o1)N1CCN(Cc2ccco2)CC1. The van der Waals surface area contributed by atoms with E-state index in [2.05, 4.69) is 4.90 Å². The van der Waals surface area contributed by atoms with Gasteiger partial charge in [-0.2, -0.15) is 8.78 Å². The predicted octanol–water partition coefficient (Wildman–Crippen LogP) is 3.97. The number of benzene rings is 1. The summed E-state index contributed by atoms with van der Waals surface area (Å²) in [7, 11) is 0. The summed E-state index contributed by atoms with van der Waals surface area (Å²) >= 11 is 0. The Morgan fingerprint density at radius 3 is 2.32 bits per heavy atom. The molecule has 0 saturated carbocycles. The third-order valence-electron chi connectivity index (χ3n) is 4.92. The van der Waals surface area contributed by atoms with E-state index in [1.54, 1.807) is 11.2 Å². The van der Waals surface area contributed by atoms with Crippen LogP contribution in [0.15, 0.2) is 45.4 Å². The minimum Gasteiger partial charge on any atom is -0.479 e. The van der Waals surface area contributed by atoms with Crippen LogP contribution in [0.1, 0.15) is 22.1 Å². The third-order valence-corrected chi connectivity index (χ3v) is 4.92. The molecule has 1 aliphatic heterocycles. The number of carbonyl (C=O) groups excluding carboxylic acids is 1. The van der Waals surface area contributed by atoms with Gasteiger partial charge in [0.2, 0.25) is 11.6 Å². The smallest absolute Gasteiger partial charge is 0.289 e. The van der Waals surface area contributed by atoms with Gasteiger partial charge in [-0.3, -0.25) is 9.69 Å². The zero-order valence-electron chi connectivity index (χ0n) is 16.2. The van der Waals surface area contributed by atoms with Gasteiger partial charge >= 0.3 is 0 Å². The second kappa shape index (κ2) is 8.84. The Hall–Kier alpha value is -3.27. The summed E-state index contributed by atoms with van der Waals surface area (Å²) in [6.07, 6.45) is 1.61. The van der Waals surface area contributed by atoms with Crippen LogP contribution in [0.5, 0.6) is 5.75 Å². The highest BCUT2D eigenvalue weighted by molar-refractivity contribution is 5.91. The normalized spacial score (nSPS) is 14.8. The van der Waals surface area contributed by atoms with Crippen LogP contribution in [0.4, 0.5) is 17.6 Å². The van der Waals surface area contributed by atoms with E-state index in [-0.39, 0.29) is 23.5 Å². The minimum atomic E-state index is -1.64. The molecular weight excluding hydrogens is 420 g/mol. The Morgan fingerprint density at radius 2 is 1.68 bits per heavy atom. The van der Waals surface area contributed by atoms with Crippen molar-refractivity contribution >= 4 is 5.91 Å². The quantitative estimate of drug-likeness (QED) is 0.431. The molecule has 1 amide bonds. The van der Waals surface area contributed by atoms with Crippen molar-refractivity contribution in [1.82, 2.24) is 9.80 Å². The number of ether oxygens (including phenoxy) is 1. The molecule has 0 N–H and O–H groups in total. The predicted molar refractivity (Wildman–Crippen MR) is 99.2 cm³/mol. The molecule has 2 aromatic heterocycles. The van der Waals surface area contributed by atoms with E-state index >= 15 is 0 Å². The fourth-order valence-electron chi connectivity index (χ4n) is 3.28. The Bertz CT molecular complexity index is 1030.